The minimum atomic E-state index is 0.251. The number of amides is 1. The number of nitrogens with two attached hydrogens (primary N) is 1. The van der Waals surface area contributed by atoms with Gasteiger partial charge in [-0.1, -0.05) is 38.3 Å². The summed E-state index contributed by atoms with van der Waals surface area (Å²) in [6, 6.07) is 7.76. The highest BCUT2D eigenvalue weighted by Crippen LogP contribution is 2.12. The molecule has 1 amide bonds. The minimum absolute atomic E-state index is 0.251. The standard InChI is InChI=1S/C16H26N2O/c1-3-5-6-7-11-16(19)18(4-2)13-14-9-8-10-15(17)12-14/h8-10,12H,3-7,11,13,17H2,1-2H3. The highest BCUT2D eigenvalue weighted by molar-refractivity contribution is 5.76. The Bertz CT molecular complexity index is 390. The SMILES string of the molecule is CCCCCCC(=O)N(CC)Cc1cccc(N)c1. The van der Waals surface area contributed by atoms with Gasteiger partial charge in [-0.3, -0.25) is 4.79 Å². The average molecular weight is 262 g/mol. The summed E-state index contributed by atoms with van der Waals surface area (Å²) >= 11 is 0. The Morgan fingerprint density at radius 2 is 2.00 bits per heavy atom. The van der Waals surface area contributed by atoms with Crippen LogP contribution in [0.25, 0.3) is 0 Å². The zero-order valence-electron chi connectivity index (χ0n) is 12.2. The van der Waals surface area contributed by atoms with Crippen LogP contribution in [0.5, 0.6) is 0 Å². The van der Waals surface area contributed by atoms with Crippen LogP contribution in [0.1, 0.15) is 51.5 Å². The molecule has 1 aromatic carbocycles. The zero-order valence-corrected chi connectivity index (χ0v) is 12.2. The van der Waals surface area contributed by atoms with Gasteiger partial charge >= 0.3 is 0 Å². The van der Waals surface area contributed by atoms with Crippen LogP contribution in [0.2, 0.25) is 0 Å². The lowest BCUT2D eigenvalue weighted by molar-refractivity contribution is -0.131. The minimum Gasteiger partial charge on any atom is -0.399 e. The van der Waals surface area contributed by atoms with Crippen LogP contribution in [0.4, 0.5) is 5.69 Å². The number of hydrogen-bond acceptors (Lipinski definition) is 2. The van der Waals surface area contributed by atoms with Gasteiger partial charge in [0.05, 0.1) is 0 Å². The fourth-order valence-electron chi connectivity index (χ4n) is 2.15. The smallest absolute Gasteiger partial charge is 0.222 e. The van der Waals surface area contributed by atoms with Crippen molar-refractivity contribution in [3.05, 3.63) is 29.8 Å². The second kappa shape index (κ2) is 8.57. The van der Waals surface area contributed by atoms with Gasteiger partial charge in [0.1, 0.15) is 0 Å². The summed E-state index contributed by atoms with van der Waals surface area (Å²) in [5, 5.41) is 0. The molecule has 3 nitrogen and oxygen atoms in total. The molecule has 0 heterocycles. The van der Waals surface area contributed by atoms with Crippen molar-refractivity contribution in [1.82, 2.24) is 4.90 Å². The first-order valence-electron chi connectivity index (χ1n) is 7.29. The molecule has 0 radical (unpaired) electrons. The Morgan fingerprint density at radius 3 is 2.63 bits per heavy atom. The Balaban J connectivity index is 2.46. The number of hydrogen-bond donors (Lipinski definition) is 1. The summed E-state index contributed by atoms with van der Waals surface area (Å²) in [5.41, 5.74) is 7.62. The third-order valence-electron chi connectivity index (χ3n) is 3.30. The molecule has 0 aliphatic heterocycles. The molecule has 0 saturated heterocycles. The molecule has 0 unspecified atom stereocenters. The molecule has 0 aliphatic carbocycles. The molecule has 0 atom stereocenters. The lowest BCUT2D eigenvalue weighted by Crippen LogP contribution is -2.30. The molecule has 0 bridgehead atoms. The maximum absolute atomic E-state index is 12.1. The zero-order chi connectivity index (χ0) is 14.1. The van der Waals surface area contributed by atoms with E-state index < -0.39 is 0 Å². The van der Waals surface area contributed by atoms with Crippen LogP contribution in [0.3, 0.4) is 0 Å². The molecule has 0 aliphatic rings. The number of rotatable bonds is 8. The monoisotopic (exact) mass is 262 g/mol. The number of nitrogens with zero attached hydrogens (tertiary/aromatic N) is 1. The summed E-state index contributed by atoms with van der Waals surface area (Å²) < 4.78 is 0. The lowest BCUT2D eigenvalue weighted by atomic mass is 10.1. The van der Waals surface area contributed by atoms with Crippen molar-refractivity contribution in [3.8, 4) is 0 Å². The molecular weight excluding hydrogens is 236 g/mol. The second-order valence-electron chi connectivity index (χ2n) is 4.96. The fourth-order valence-corrected chi connectivity index (χ4v) is 2.15. The summed E-state index contributed by atoms with van der Waals surface area (Å²) in [6.45, 7) is 5.62. The number of carbonyl (C=O) groups excluding carboxylic acids is 1. The van der Waals surface area contributed by atoms with Crippen molar-refractivity contribution in [3.63, 3.8) is 0 Å². The maximum atomic E-state index is 12.1. The van der Waals surface area contributed by atoms with Gasteiger partial charge in [-0.2, -0.15) is 0 Å². The van der Waals surface area contributed by atoms with Crippen molar-refractivity contribution in [2.24, 2.45) is 0 Å². The topological polar surface area (TPSA) is 46.3 Å². The van der Waals surface area contributed by atoms with Gasteiger partial charge in [0, 0.05) is 25.2 Å². The first-order chi connectivity index (χ1) is 9.17. The van der Waals surface area contributed by atoms with E-state index in [1.807, 2.05) is 36.1 Å². The van der Waals surface area contributed by atoms with Gasteiger partial charge in [-0.15, -0.1) is 0 Å². The first kappa shape index (κ1) is 15.5. The van der Waals surface area contributed by atoms with Crippen molar-refractivity contribution in [1.29, 1.82) is 0 Å². The number of anilines is 1. The van der Waals surface area contributed by atoms with E-state index in [1.54, 1.807) is 0 Å². The average Bonchev–Trinajstić information content (AvgIpc) is 2.41. The summed E-state index contributed by atoms with van der Waals surface area (Å²) in [4.78, 5) is 14.0. The number of carbonyl (C=O) groups is 1. The van der Waals surface area contributed by atoms with E-state index in [-0.39, 0.29) is 5.91 Å². The van der Waals surface area contributed by atoms with Crippen molar-refractivity contribution in [2.75, 3.05) is 12.3 Å². The largest absolute Gasteiger partial charge is 0.399 e. The highest BCUT2D eigenvalue weighted by Gasteiger charge is 2.11. The van der Waals surface area contributed by atoms with Gasteiger partial charge in [0.25, 0.3) is 0 Å². The number of nitrogen functional groups attached to an aromatic ring is 1. The molecule has 0 saturated carbocycles. The third kappa shape index (κ3) is 5.77. The van der Waals surface area contributed by atoms with E-state index in [0.717, 1.165) is 30.6 Å². The summed E-state index contributed by atoms with van der Waals surface area (Å²) in [6.07, 6.45) is 5.23. The number of benzene rings is 1. The van der Waals surface area contributed by atoms with E-state index >= 15 is 0 Å². The molecule has 106 valence electrons. The van der Waals surface area contributed by atoms with Crippen LogP contribution in [-0.4, -0.2) is 17.4 Å². The molecule has 3 heteroatoms. The molecule has 2 N–H and O–H groups in total. The highest BCUT2D eigenvalue weighted by atomic mass is 16.2. The van der Waals surface area contributed by atoms with E-state index in [4.69, 9.17) is 5.73 Å². The Kier molecular flexibility index (Phi) is 7.01. The Labute approximate surface area is 116 Å². The van der Waals surface area contributed by atoms with Crippen molar-refractivity contribution < 1.29 is 4.79 Å². The molecule has 19 heavy (non-hydrogen) atoms. The van der Waals surface area contributed by atoms with E-state index in [0.29, 0.717) is 13.0 Å². The van der Waals surface area contributed by atoms with Gasteiger partial charge < -0.3 is 10.6 Å². The molecule has 1 aromatic rings. The lowest BCUT2D eigenvalue weighted by Gasteiger charge is -2.21. The Morgan fingerprint density at radius 1 is 1.21 bits per heavy atom. The predicted octanol–water partition coefficient (Wildman–Crippen LogP) is 3.59. The van der Waals surface area contributed by atoms with E-state index in [2.05, 4.69) is 6.92 Å². The summed E-state index contributed by atoms with van der Waals surface area (Å²) in [5.74, 6) is 0.251. The second-order valence-corrected chi connectivity index (χ2v) is 4.96. The van der Waals surface area contributed by atoms with Crippen LogP contribution < -0.4 is 5.73 Å². The van der Waals surface area contributed by atoms with Crippen LogP contribution in [-0.2, 0) is 11.3 Å². The van der Waals surface area contributed by atoms with Gasteiger partial charge in [-0.05, 0) is 31.0 Å². The molecule has 0 fully saturated rings. The predicted molar refractivity (Wildman–Crippen MR) is 80.7 cm³/mol. The quantitative estimate of drug-likeness (QED) is 0.575. The van der Waals surface area contributed by atoms with Crippen LogP contribution in [0, 0.1) is 0 Å². The van der Waals surface area contributed by atoms with Gasteiger partial charge in [-0.25, -0.2) is 0 Å². The first-order valence-corrected chi connectivity index (χ1v) is 7.29. The molecule has 1 rings (SSSR count). The summed E-state index contributed by atoms with van der Waals surface area (Å²) in [7, 11) is 0. The van der Waals surface area contributed by atoms with Crippen molar-refractivity contribution >= 4 is 11.6 Å². The van der Waals surface area contributed by atoms with E-state index in [1.165, 1.54) is 12.8 Å². The van der Waals surface area contributed by atoms with E-state index in [9.17, 15) is 4.79 Å². The van der Waals surface area contributed by atoms with Crippen molar-refractivity contribution in [2.45, 2.75) is 52.5 Å². The third-order valence-corrected chi connectivity index (χ3v) is 3.30. The Hall–Kier alpha value is -1.51. The normalized spacial score (nSPS) is 10.4. The van der Waals surface area contributed by atoms with Gasteiger partial charge in [0.2, 0.25) is 5.91 Å². The van der Waals surface area contributed by atoms with Gasteiger partial charge in [0.15, 0.2) is 0 Å². The van der Waals surface area contributed by atoms with Crippen LogP contribution in [0.15, 0.2) is 24.3 Å². The molecular formula is C16H26N2O. The molecule has 0 aromatic heterocycles. The van der Waals surface area contributed by atoms with Crippen LogP contribution >= 0.6 is 0 Å². The molecule has 0 spiro atoms. The maximum Gasteiger partial charge on any atom is 0.222 e. The fraction of sp³-hybridized carbons (Fsp3) is 0.562. The number of unbranched alkanes of at least 4 members (excludes halogenated alkanes) is 3.